The second-order valence-electron chi connectivity index (χ2n) is 3.95. The molecule has 0 fully saturated rings. The molecule has 3 N–H and O–H groups in total. The van der Waals surface area contributed by atoms with E-state index in [0.29, 0.717) is 24.0 Å². The van der Waals surface area contributed by atoms with Crippen molar-refractivity contribution < 1.29 is 14.7 Å². The normalized spacial score (nSPS) is 11.6. The number of aliphatic carboxylic acids is 1. The van der Waals surface area contributed by atoms with Crippen molar-refractivity contribution in [3.05, 3.63) is 11.1 Å². The van der Waals surface area contributed by atoms with Crippen LogP contribution in [0.5, 0.6) is 0 Å². The van der Waals surface area contributed by atoms with Gasteiger partial charge in [0.2, 0.25) is 0 Å². The lowest BCUT2D eigenvalue weighted by Crippen LogP contribution is -2.36. The number of amides is 2. The summed E-state index contributed by atoms with van der Waals surface area (Å²) in [4.78, 5) is 21.6. The number of carbonyl (C=O) groups is 2. The molecule has 0 saturated carbocycles. The number of nitrogens with one attached hydrogen (secondary N) is 2. The minimum absolute atomic E-state index is 0.177. The summed E-state index contributed by atoms with van der Waals surface area (Å²) in [5, 5.41) is 13.8. The number of carboxylic acid groups (broad SMARTS) is 1. The molecule has 1 unspecified atom stereocenters. The summed E-state index contributed by atoms with van der Waals surface area (Å²) < 4.78 is 0.711. The number of halogens is 1. The first-order valence-electron chi connectivity index (χ1n) is 5.48. The van der Waals surface area contributed by atoms with Gasteiger partial charge in [0.1, 0.15) is 0 Å². The van der Waals surface area contributed by atoms with Crippen LogP contribution >= 0.6 is 15.9 Å². The summed E-state index contributed by atoms with van der Waals surface area (Å²) in [5.41, 5.74) is 0. The zero-order valence-corrected chi connectivity index (χ0v) is 11.5. The van der Waals surface area contributed by atoms with Crippen LogP contribution in [-0.2, 0) is 4.79 Å². The zero-order chi connectivity index (χ0) is 13.3. The third-order valence-electron chi connectivity index (χ3n) is 2.21. The quantitative estimate of drug-likeness (QED) is 0.642. The van der Waals surface area contributed by atoms with Crippen LogP contribution in [0.1, 0.15) is 26.2 Å². The summed E-state index contributed by atoms with van der Waals surface area (Å²) in [5.74, 6) is -0.490. The van der Waals surface area contributed by atoms with Gasteiger partial charge in [0.15, 0.2) is 0 Å². The van der Waals surface area contributed by atoms with Crippen molar-refractivity contribution in [2.75, 3.05) is 13.1 Å². The molecule has 17 heavy (non-hydrogen) atoms. The molecule has 0 saturated heterocycles. The molecular formula is C11H19BrN2O3. The lowest BCUT2D eigenvalue weighted by molar-refractivity contribution is -0.137. The van der Waals surface area contributed by atoms with E-state index in [1.807, 2.05) is 6.92 Å². The fourth-order valence-electron chi connectivity index (χ4n) is 1.18. The summed E-state index contributed by atoms with van der Waals surface area (Å²) in [6, 6.07) is -0.240. The van der Waals surface area contributed by atoms with Gasteiger partial charge >= 0.3 is 12.0 Å². The first-order chi connectivity index (χ1) is 7.91. The molecule has 0 aromatic heterocycles. The Kier molecular flexibility index (Phi) is 8.49. The predicted octanol–water partition coefficient (Wildman–Crippen LogP) is 2.09. The molecular weight excluding hydrogens is 288 g/mol. The van der Waals surface area contributed by atoms with E-state index in [1.165, 1.54) is 0 Å². The smallest absolute Gasteiger partial charge is 0.315 e. The number of hydrogen-bond acceptors (Lipinski definition) is 2. The van der Waals surface area contributed by atoms with Crippen molar-refractivity contribution in [3.63, 3.8) is 0 Å². The molecule has 0 radical (unpaired) electrons. The molecule has 0 aromatic rings. The van der Waals surface area contributed by atoms with E-state index < -0.39 is 5.97 Å². The Hall–Kier alpha value is -1.04. The minimum atomic E-state index is -0.779. The van der Waals surface area contributed by atoms with Crippen molar-refractivity contribution >= 4 is 27.9 Å². The SMILES string of the molecule is C=C(Br)CNC(=O)NCCC(C)CCC(=O)O. The lowest BCUT2D eigenvalue weighted by atomic mass is 10.0. The highest BCUT2D eigenvalue weighted by atomic mass is 79.9. The molecule has 0 bridgehead atoms. The molecule has 0 spiro atoms. The fraction of sp³-hybridized carbons (Fsp3) is 0.636. The number of carbonyl (C=O) groups excluding carboxylic acids is 1. The second-order valence-corrected chi connectivity index (χ2v) is 5.07. The summed E-state index contributed by atoms with van der Waals surface area (Å²) in [7, 11) is 0. The molecule has 0 aromatic carbocycles. The Morgan fingerprint density at radius 2 is 2.00 bits per heavy atom. The van der Waals surface area contributed by atoms with Gasteiger partial charge in [-0.3, -0.25) is 4.79 Å². The van der Waals surface area contributed by atoms with Gasteiger partial charge in [0, 0.05) is 17.4 Å². The van der Waals surface area contributed by atoms with E-state index in [0.717, 1.165) is 6.42 Å². The maximum Gasteiger partial charge on any atom is 0.315 e. The van der Waals surface area contributed by atoms with E-state index in [-0.39, 0.29) is 18.4 Å². The summed E-state index contributed by atoms with van der Waals surface area (Å²) in [6.45, 7) is 6.50. The van der Waals surface area contributed by atoms with Gasteiger partial charge in [0.05, 0.1) is 6.54 Å². The van der Waals surface area contributed by atoms with Gasteiger partial charge in [-0.05, 0) is 18.8 Å². The van der Waals surface area contributed by atoms with Crippen LogP contribution in [0.3, 0.4) is 0 Å². The largest absolute Gasteiger partial charge is 0.481 e. The molecule has 0 aliphatic rings. The monoisotopic (exact) mass is 306 g/mol. The van der Waals surface area contributed by atoms with Gasteiger partial charge in [-0.1, -0.05) is 29.4 Å². The molecule has 98 valence electrons. The second kappa shape index (κ2) is 9.04. The molecule has 5 nitrogen and oxygen atoms in total. The topological polar surface area (TPSA) is 78.4 Å². The third-order valence-corrected chi connectivity index (χ3v) is 2.49. The summed E-state index contributed by atoms with van der Waals surface area (Å²) in [6.07, 6.45) is 1.59. The Labute approximate surface area is 110 Å². The van der Waals surface area contributed by atoms with Crippen molar-refractivity contribution in [3.8, 4) is 0 Å². The van der Waals surface area contributed by atoms with E-state index >= 15 is 0 Å². The average molecular weight is 307 g/mol. The third kappa shape index (κ3) is 11.2. The van der Waals surface area contributed by atoms with Crippen LogP contribution < -0.4 is 10.6 Å². The van der Waals surface area contributed by atoms with Crippen LogP contribution in [0.2, 0.25) is 0 Å². The van der Waals surface area contributed by atoms with Crippen molar-refractivity contribution in [2.45, 2.75) is 26.2 Å². The first kappa shape index (κ1) is 16.0. The van der Waals surface area contributed by atoms with Crippen molar-refractivity contribution in [1.82, 2.24) is 10.6 Å². The van der Waals surface area contributed by atoms with Crippen molar-refractivity contribution in [2.24, 2.45) is 5.92 Å². The van der Waals surface area contributed by atoms with Gasteiger partial charge < -0.3 is 15.7 Å². The maximum atomic E-state index is 11.2. The zero-order valence-electron chi connectivity index (χ0n) is 9.96. The van der Waals surface area contributed by atoms with Crippen molar-refractivity contribution in [1.29, 1.82) is 0 Å². The molecule has 1 atom stereocenters. The molecule has 0 aliphatic carbocycles. The van der Waals surface area contributed by atoms with Crippen LogP contribution in [-0.4, -0.2) is 30.2 Å². The molecule has 6 heteroatoms. The van der Waals surface area contributed by atoms with E-state index in [2.05, 4.69) is 33.1 Å². The number of hydrogen-bond donors (Lipinski definition) is 3. The summed E-state index contributed by atoms with van der Waals surface area (Å²) >= 11 is 3.14. The highest BCUT2D eigenvalue weighted by Gasteiger charge is 2.06. The standard InChI is InChI=1S/C11H19BrN2O3/c1-8(3-4-10(15)16)5-6-13-11(17)14-7-9(2)12/h8H,2-7H2,1H3,(H,15,16)(H2,13,14,17). The number of rotatable bonds is 8. The lowest BCUT2D eigenvalue weighted by Gasteiger charge is -2.11. The molecule has 0 aliphatic heterocycles. The maximum absolute atomic E-state index is 11.2. The minimum Gasteiger partial charge on any atom is -0.481 e. The number of urea groups is 1. The Morgan fingerprint density at radius 3 is 2.53 bits per heavy atom. The highest BCUT2D eigenvalue weighted by Crippen LogP contribution is 2.08. The Morgan fingerprint density at radius 1 is 1.35 bits per heavy atom. The Bertz CT molecular complexity index is 282. The van der Waals surface area contributed by atoms with E-state index in [4.69, 9.17) is 5.11 Å². The number of carboxylic acids is 1. The van der Waals surface area contributed by atoms with Gasteiger partial charge in [-0.25, -0.2) is 4.79 Å². The molecule has 2 amide bonds. The molecule has 0 rings (SSSR count). The predicted molar refractivity (Wildman–Crippen MR) is 70.1 cm³/mol. The van der Waals surface area contributed by atoms with Crippen LogP contribution in [0.15, 0.2) is 11.1 Å². The van der Waals surface area contributed by atoms with E-state index in [1.54, 1.807) is 0 Å². The van der Waals surface area contributed by atoms with Gasteiger partial charge in [-0.15, -0.1) is 0 Å². The fourth-order valence-corrected chi connectivity index (χ4v) is 1.33. The van der Waals surface area contributed by atoms with Gasteiger partial charge in [-0.2, -0.15) is 0 Å². The average Bonchev–Trinajstić information content (AvgIpc) is 2.23. The van der Waals surface area contributed by atoms with E-state index in [9.17, 15) is 9.59 Å². The van der Waals surface area contributed by atoms with Crippen LogP contribution in [0.4, 0.5) is 4.79 Å². The highest BCUT2D eigenvalue weighted by molar-refractivity contribution is 9.11. The molecule has 0 heterocycles. The first-order valence-corrected chi connectivity index (χ1v) is 6.28. The Balaban J connectivity index is 3.51. The van der Waals surface area contributed by atoms with Crippen LogP contribution in [0.25, 0.3) is 0 Å². The van der Waals surface area contributed by atoms with Gasteiger partial charge in [0.25, 0.3) is 0 Å². The van der Waals surface area contributed by atoms with Crippen LogP contribution in [0, 0.1) is 5.92 Å².